The first-order valence-electron chi connectivity index (χ1n) is 6.38. The largest absolute Gasteiger partial charge is 0.434 e. The third-order valence-corrected chi connectivity index (χ3v) is 3.02. The molecule has 3 nitrogen and oxygen atoms in total. The Labute approximate surface area is 122 Å². The Hall–Kier alpha value is -1.36. The summed E-state index contributed by atoms with van der Waals surface area (Å²) in [6, 6.07) is 5.96. The number of rotatable bonds is 7. The van der Waals surface area contributed by atoms with Crippen LogP contribution < -0.4 is 4.74 Å². The summed E-state index contributed by atoms with van der Waals surface area (Å²) in [5.41, 5.74) is 0.135. The number of amides is 1. The van der Waals surface area contributed by atoms with E-state index in [0.717, 1.165) is 0 Å². The Kier molecular flexibility index (Phi) is 6.71. The van der Waals surface area contributed by atoms with Gasteiger partial charge in [-0.2, -0.15) is 8.78 Å². The lowest BCUT2D eigenvalue weighted by Gasteiger charge is -2.27. The molecule has 1 aromatic carbocycles. The van der Waals surface area contributed by atoms with Gasteiger partial charge in [0.15, 0.2) is 0 Å². The first kappa shape index (κ1) is 16.7. The second kappa shape index (κ2) is 8.04. The molecule has 0 aromatic heterocycles. The van der Waals surface area contributed by atoms with Crippen LogP contribution in [0.25, 0.3) is 0 Å². The van der Waals surface area contributed by atoms with E-state index in [9.17, 15) is 13.6 Å². The van der Waals surface area contributed by atoms with E-state index in [1.54, 1.807) is 17.0 Å². The molecule has 0 unspecified atom stereocenters. The lowest BCUT2D eigenvalue weighted by atomic mass is 10.1. The zero-order valence-electron chi connectivity index (χ0n) is 11.5. The van der Waals surface area contributed by atoms with Gasteiger partial charge in [0.05, 0.1) is 5.56 Å². The predicted octanol–water partition coefficient (Wildman–Crippen LogP) is 3.77. The Bertz CT molecular complexity index is 441. The standard InChI is InChI=1S/C14H18ClF2NO2/c1-10(2)18(9-5-8-15)13(19)11-6-3-4-7-12(11)20-14(16)17/h3-4,6-7,10,14H,5,8-9H2,1-2H3. The highest BCUT2D eigenvalue weighted by molar-refractivity contribution is 6.17. The average molecular weight is 306 g/mol. The van der Waals surface area contributed by atoms with Crippen molar-refractivity contribution in [3.8, 4) is 5.75 Å². The molecule has 0 saturated carbocycles. The van der Waals surface area contributed by atoms with Gasteiger partial charge >= 0.3 is 6.61 Å². The highest BCUT2D eigenvalue weighted by Gasteiger charge is 2.22. The van der Waals surface area contributed by atoms with Gasteiger partial charge in [0.2, 0.25) is 0 Å². The van der Waals surface area contributed by atoms with Crippen molar-refractivity contribution in [3.05, 3.63) is 29.8 Å². The van der Waals surface area contributed by atoms with Crippen LogP contribution in [0.4, 0.5) is 8.78 Å². The van der Waals surface area contributed by atoms with E-state index in [4.69, 9.17) is 11.6 Å². The lowest BCUT2D eigenvalue weighted by molar-refractivity contribution is -0.0503. The number of carbonyl (C=O) groups is 1. The van der Waals surface area contributed by atoms with Crippen molar-refractivity contribution >= 4 is 17.5 Å². The van der Waals surface area contributed by atoms with Crippen molar-refractivity contribution in [1.82, 2.24) is 4.90 Å². The number of alkyl halides is 3. The van der Waals surface area contributed by atoms with Crippen LogP contribution in [-0.4, -0.2) is 35.9 Å². The van der Waals surface area contributed by atoms with Gasteiger partial charge < -0.3 is 9.64 Å². The second-order valence-electron chi connectivity index (χ2n) is 4.51. The van der Waals surface area contributed by atoms with E-state index in [1.165, 1.54) is 12.1 Å². The summed E-state index contributed by atoms with van der Waals surface area (Å²) in [6.07, 6.45) is 0.642. The summed E-state index contributed by atoms with van der Waals surface area (Å²) in [4.78, 5) is 14.0. The van der Waals surface area contributed by atoms with E-state index >= 15 is 0 Å². The summed E-state index contributed by atoms with van der Waals surface area (Å²) >= 11 is 5.64. The van der Waals surface area contributed by atoms with E-state index in [-0.39, 0.29) is 23.3 Å². The van der Waals surface area contributed by atoms with E-state index in [1.807, 2.05) is 13.8 Å². The predicted molar refractivity (Wildman–Crippen MR) is 74.6 cm³/mol. The molecule has 0 fully saturated rings. The van der Waals surface area contributed by atoms with Gasteiger partial charge in [-0.3, -0.25) is 4.79 Å². The molecule has 0 bridgehead atoms. The van der Waals surface area contributed by atoms with Crippen LogP contribution in [0, 0.1) is 0 Å². The molecule has 0 spiro atoms. The topological polar surface area (TPSA) is 29.5 Å². The second-order valence-corrected chi connectivity index (χ2v) is 4.89. The SMILES string of the molecule is CC(C)N(CCCCl)C(=O)c1ccccc1OC(F)F. The molecule has 0 saturated heterocycles. The van der Waals surface area contributed by atoms with E-state index in [0.29, 0.717) is 18.8 Å². The zero-order valence-corrected chi connectivity index (χ0v) is 12.2. The van der Waals surface area contributed by atoms with Crippen molar-refractivity contribution in [2.75, 3.05) is 12.4 Å². The molecule has 6 heteroatoms. The fourth-order valence-corrected chi connectivity index (χ4v) is 1.94. The van der Waals surface area contributed by atoms with Crippen molar-refractivity contribution < 1.29 is 18.3 Å². The maximum atomic E-state index is 12.5. The highest BCUT2D eigenvalue weighted by Crippen LogP contribution is 2.22. The van der Waals surface area contributed by atoms with Gasteiger partial charge in [-0.25, -0.2) is 0 Å². The summed E-state index contributed by atoms with van der Waals surface area (Å²) in [5.74, 6) is -0.00326. The third kappa shape index (κ3) is 4.63. The quantitative estimate of drug-likeness (QED) is 0.718. The molecular formula is C14H18ClF2NO2. The molecule has 0 N–H and O–H groups in total. The molecule has 1 aromatic rings. The van der Waals surface area contributed by atoms with Crippen LogP contribution in [0.1, 0.15) is 30.6 Å². The van der Waals surface area contributed by atoms with Gasteiger partial charge in [0, 0.05) is 18.5 Å². The van der Waals surface area contributed by atoms with Gasteiger partial charge in [-0.1, -0.05) is 12.1 Å². The van der Waals surface area contributed by atoms with Crippen LogP contribution in [-0.2, 0) is 0 Å². The number of ether oxygens (including phenoxy) is 1. The smallest absolute Gasteiger partial charge is 0.387 e. The summed E-state index contributed by atoms with van der Waals surface area (Å²) in [5, 5.41) is 0. The first-order valence-corrected chi connectivity index (χ1v) is 6.91. The molecule has 0 heterocycles. The minimum Gasteiger partial charge on any atom is -0.434 e. The van der Waals surface area contributed by atoms with Crippen LogP contribution in [0.15, 0.2) is 24.3 Å². The van der Waals surface area contributed by atoms with Gasteiger partial charge in [0.25, 0.3) is 5.91 Å². The minimum atomic E-state index is -2.96. The first-order chi connectivity index (χ1) is 9.47. The Morgan fingerprint density at radius 1 is 1.35 bits per heavy atom. The van der Waals surface area contributed by atoms with Crippen LogP contribution in [0.5, 0.6) is 5.75 Å². The molecular weight excluding hydrogens is 288 g/mol. The summed E-state index contributed by atoms with van der Waals surface area (Å²) in [6.45, 7) is 1.24. The summed E-state index contributed by atoms with van der Waals surface area (Å²) in [7, 11) is 0. The fraction of sp³-hybridized carbons (Fsp3) is 0.500. The number of hydrogen-bond acceptors (Lipinski definition) is 2. The molecule has 1 rings (SSSR count). The van der Waals surface area contributed by atoms with Crippen molar-refractivity contribution in [2.45, 2.75) is 32.9 Å². The number of hydrogen-bond donors (Lipinski definition) is 0. The number of para-hydroxylation sites is 1. The molecule has 0 aliphatic heterocycles. The number of halogens is 3. The normalized spacial score (nSPS) is 10.9. The van der Waals surface area contributed by atoms with Crippen LogP contribution in [0.3, 0.4) is 0 Å². The van der Waals surface area contributed by atoms with E-state index in [2.05, 4.69) is 4.74 Å². The van der Waals surface area contributed by atoms with Crippen LogP contribution >= 0.6 is 11.6 Å². The maximum absolute atomic E-state index is 12.5. The maximum Gasteiger partial charge on any atom is 0.387 e. The molecule has 0 aliphatic carbocycles. The van der Waals surface area contributed by atoms with Gasteiger partial charge in [-0.05, 0) is 32.4 Å². The zero-order chi connectivity index (χ0) is 15.1. The highest BCUT2D eigenvalue weighted by atomic mass is 35.5. The van der Waals surface area contributed by atoms with Crippen molar-refractivity contribution in [3.63, 3.8) is 0 Å². The number of carbonyl (C=O) groups excluding carboxylic acids is 1. The molecule has 20 heavy (non-hydrogen) atoms. The van der Waals surface area contributed by atoms with Crippen LogP contribution in [0.2, 0.25) is 0 Å². The van der Waals surface area contributed by atoms with Gasteiger partial charge in [0.1, 0.15) is 5.75 Å². The molecule has 1 amide bonds. The molecule has 112 valence electrons. The molecule has 0 radical (unpaired) electrons. The average Bonchev–Trinajstić information content (AvgIpc) is 2.38. The third-order valence-electron chi connectivity index (χ3n) is 2.75. The lowest BCUT2D eigenvalue weighted by Crippen LogP contribution is -2.38. The molecule has 0 atom stereocenters. The summed E-state index contributed by atoms with van der Waals surface area (Å²) < 4.78 is 29.1. The fourth-order valence-electron chi connectivity index (χ4n) is 1.82. The van der Waals surface area contributed by atoms with Crippen molar-refractivity contribution in [2.24, 2.45) is 0 Å². The van der Waals surface area contributed by atoms with Crippen molar-refractivity contribution in [1.29, 1.82) is 0 Å². The number of nitrogens with zero attached hydrogens (tertiary/aromatic N) is 1. The molecule has 0 aliphatic rings. The minimum absolute atomic E-state index is 0.0506. The Balaban J connectivity index is 2.99. The monoisotopic (exact) mass is 305 g/mol. The Morgan fingerprint density at radius 3 is 2.55 bits per heavy atom. The number of benzene rings is 1. The van der Waals surface area contributed by atoms with E-state index < -0.39 is 6.61 Å². The van der Waals surface area contributed by atoms with Gasteiger partial charge in [-0.15, -0.1) is 11.6 Å². The Morgan fingerprint density at radius 2 is 2.00 bits per heavy atom.